The fraction of sp³-hybridized carbons (Fsp3) is 0.400. The third-order valence-corrected chi connectivity index (χ3v) is 5.13. The minimum Gasteiger partial charge on any atom is -0.494 e. The van der Waals surface area contributed by atoms with Crippen LogP contribution in [0.5, 0.6) is 5.75 Å². The van der Waals surface area contributed by atoms with E-state index in [2.05, 4.69) is 40.7 Å². The van der Waals surface area contributed by atoms with Gasteiger partial charge in [0.15, 0.2) is 5.69 Å². The number of hydrazone groups is 1. The van der Waals surface area contributed by atoms with Gasteiger partial charge in [-0.15, -0.1) is 5.10 Å². The first kappa shape index (κ1) is 21.4. The molecule has 0 atom stereocenters. The fourth-order valence-corrected chi connectivity index (χ4v) is 3.50. The summed E-state index contributed by atoms with van der Waals surface area (Å²) in [4.78, 5) is 15.3. The molecule has 1 saturated heterocycles. The number of benzene rings is 1. The van der Waals surface area contributed by atoms with E-state index in [0.717, 1.165) is 37.2 Å². The first-order valence-electron chi connectivity index (χ1n) is 10.4. The molecule has 0 saturated carbocycles. The van der Waals surface area contributed by atoms with Crippen LogP contribution in [0, 0.1) is 0 Å². The van der Waals surface area contributed by atoms with Crippen LogP contribution in [0.2, 0.25) is 0 Å². The summed E-state index contributed by atoms with van der Waals surface area (Å²) in [5.74, 6) is 0.388. The number of nitrogens with zero attached hydrogens (tertiary/aromatic N) is 7. The van der Waals surface area contributed by atoms with Crippen LogP contribution in [-0.4, -0.2) is 61.5 Å². The van der Waals surface area contributed by atoms with Crippen LogP contribution in [-0.2, 0) is 6.54 Å². The second-order valence-corrected chi connectivity index (χ2v) is 7.35. The topological polar surface area (TPSA) is 150 Å². The Labute approximate surface area is 184 Å². The van der Waals surface area contributed by atoms with E-state index >= 15 is 0 Å². The van der Waals surface area contributed by atoms with Crippen molar-refractivity contribution in [1.29, 1.82) is 0 Å². The Morgan fingerprint density at radius 1 is 1.25 bits per heavy atom. The number of likely N-dealkylation sites (tertiary alicyclic amines) is 1. The molecule has 3 heterocycles. The van der Waals surface area contributed by atoms with E-state index in [1.807, 2.05) is 31.2 Å². The van der Waals surface area contributed by atoms with Crippen molar-refractivity contribution in [2.45, 2.75) is 33.2 Å². The Balaban J connectivity index is 1.57. The van der Waals surface area contributed by atoms with Crippen LogP contribution in [0.1, 0.15) is 48.4 Å². The van der Waals surface area contributed by atoms with E-state index in [1.165, 1.54) is 4.68 Å². The molecule has 0 spiro atoms. The largest absolute Gasteiger partial charge is 0.494 e. The van der Waals surface area contributed by atoms with Gasteiger partial charge in [-0.3, -0.25) is 9.69 Å². The van der Waals surface area contributed by atoms with Gasteiger partial charge in [0.2, 0.25) is 11.6 Å². The predicted molar refractivity (Wildman–Crippen MR) is 115 cm³/mol. The summed E-state index contributed by atoms with van der Waals surface area (Å²) in [5.41, 5.74) is 10.6. The smallest absolute Gasteiger partial charge is 0.292 e. The number of nitrogens with one attached hydrogen (secondary N) is 1. The highest BCUT2D eigenvalue weighted by Crippen LogP contribution is 2.19. The summed E-state index contributed by atoms with van der Waals surface area (Å²) >= 11 is 0. The zero-order valence-corrected chi connectivity index (χ0v) is 18.0. The third kappa shape index (κ3) is 4.59. The maximum absolute atomic E-state index is 13.1. The number of anilines is 1. The molecule has 0 bridgehead atoms. The van der Waals surface area contributed by atoms with Gasteiger partial charge in [-0.25, -0.2) is 10.1 Å². The van der Waals surface area contributed by atoms with Gasteiger partial charge in [-0.05, 0) is 79.9 Å². The molecule has 32 heavy (non-hydrogen) atoms. The van der Waals surface area contributed by atoms with Crippen molar-refractivity contribution in [1.82, 2.24) is 35.6 Å². The van der Waals surface area contributed by atoms with Crippen molar-refractivity contribution in [2.24, 2.45) is 5.10 Å². The summed E-state index contributed by atoms with van der Waals surface area (Å²) in [5, 5.41) is 19.8. The number of amides is 1. The molecule has 3 aromatic rings. The number of carbonyl (C=O) groups excluding carboxylic acids is 1. The number of aromatic nitrogens is 5. The van der Waals surface area contributed by atoms with Crippen molar-refractivity contribution in [2.75, 3.05) is 25.4 Å². The lowest BCUT2D eigenvalue weighted by Crippen LogP contribution is -2.26. The van der Waals surface area contributed by atoms with Crippen molar-refractivity contribution >= 4 is 17.4 Å². The Hall–Kier alpha value is -3.80. The van der Waals surface area contributed by atoms with Crippen molar-refractivity contribution in [3.05, 3.63) is 41.2 Å². The molecule has 0 radical (unpaired) electrons. The Morgan fingerprint density at radius 3 is 2.66 bits per heavy atom. The lowest BCUT2D eigenvalue weighted by molar-refractivity contribution is 0.0945. The summed E-state index contributed by atoms with van der Waals surface area (Å²) < 4.78 is 11.4. The standard InChI is InChI=1S/C20H25N9O3/c1-3-31-15-8-6-14(7-9-15)13(2)22-24-20(30)17-16(12-28-10-4-5-11-28)23-27-29(17)19-18(21)25-32-26-19/h6-9H,3-5,10-12H2,1-2H3,(H2,21,25)(H,24,30)/b22-13-. The highest BCUT2D eigenvalue weighted by Gasteiger charge is 2.27. The molecule has 1 amide bonds. The minimum absolute atomic E-state index is 0.00532. The third-order valence-electron chi connectivity index (χ3n) is 5.13. The molecule has 0 aliphatic carbocycles. The summed E-state index contributed by atoms with van der Waals surface area (Å²) in [6.07, 6.45) is 2.22. The Kier molecular flexibility index (Phi) is 6.40. The van der Waals surface area contributed by atoms with E-state index in [1.54, 1.807) is 6.92 Å². The van der Waals surface area contributed by atoms with Gasteiger partial charge in [-0.2, -0.15) is 9.78 Å². The number of rotatable bonds is 8. The second-order valence-electron chi connectivity index (χ2n) is 7.35. The number of carbonyl (C=O) groups is 1. The number of ether oxygens (including phenoxy) is 1. The van der Waals surface area contributed by atoms with Crippen LogP contribution in [0.25, 0.3) is 5.82 Å². The maximum atomic E-state index is 13.1. The first-order valence-corrected chi connectivity index (χ1v) is 10.4. The van der Waals surface area contributed by atoms with Gasteiger partial charge in [0.05, 0.1) is 12.3 Å². The summed E-state index contributed by atoms with van der Waals surface area (Å²) in [6.45, 7) is 6.69. The molecular formula is C20H25N9O3. The molecule has 4 rings (SSSR count). The van der Waals surface area contributed by atoms with Gasteiger partial charge in [0.25, 0.3) is 5.91 Å². The molecule has 168 valence electrons. The highest BCUT2D eigenvalue weighted by atomic mass is 16.6. The zero-order valence-electron chi connectivity index (χ0n) is 18.0. The predicted octanol–water partition coefficient (Wildman–Crippen LogP) is 1.38. The molecule has 2 aromatic heterocycles. The number of nitrogen functional groups attached to an aromatic ring is 1. The maximum Gasteiger partial charge on any atom is 0.292 e. The quantitative estimate of drug-likeness (QED) is 0.392. The Morgan fingerprint density at radius 2 is 2.00 bits per heavy atom. The Bertz CT molecular complexity index is 1100. The van der Waals surface area contributed by atoms with Gasteiger partial charge < -0.3 is 10.5 Å². The number of hydrogen-bond donors (Lipinski definition) is 2. The fourth-order valence-electron chi connectivity index (χ4n) is 3.50. The second kappa shape index (κ2) is 9.56. The van der Waals surface area contributed by atoms with Crippen molar-refractivity contribution < 1.29 is 14.2 Å². The van der Waals surface area contributed by atoms with Crippen LogP contribution in [0.3, 0.4) is 0 Å². The molecule has 3 N–H and O–H groups in total. The monoisotopic (exact) mass is 439 g/mol. The van der Waals surface area contributed by atoms with Crippen molar-refractivity contribution in [3.63, 3.8) is 0 Å². The summed E-state index contributed by atoms with van der Waals surface area (Å²) in [7, 11) is 0. The van der Waals surface area contributed by atoms with E-state index < -0.39 is 5.91 Å². The lowest BCUT2D eigenvalue weighted by Gasteiger charge is -2.13. The van der Waals surface area contributed by atoms with E-state index in [9.17, 15) is 4.79 Å². The molecular weight excluding hydrogens is 414 g/mol. The molecule has 1 aromatic carbocycles. The zero-order chi connectivity index (χ0) is 22.5. The number of nitrogens with two attached hydrogens (primary N) is 1. The van der Waals surface area contributed by atoms with E-state index in [0.29, 0.717) is 24.6 Å². The summed E-state index contributed by atoms with van der Waals surface area (Å²) in [6, 6.07) is 7.46. The number of hydrogen-bond acceptors (Lipinski definition) is 10. The van der Waals surface area contributed by atoms with Crippen LogP contribution < -0.4 is 15.9 Å². The normalized spacial score (nSPS) is 14.6. The van der Waals surface area contributed by atoms with Gasteiger partial charge >= 0.3 is 0 Å². The average Bonchev–Trinajstić information content (AvgIpc) is 3.54. The molecule has 0 unspecified atom stereocenters. The van der Waals surface area contributed by atoms with Gasteiger partial charge in [0.1, 0.15) is 11.4 Å². The molecule has 1 aliphatic rings. The minimum atomic E-state index is -0.489. The lowest BCUT2D eigenvalue weighted by atomic mass is 10.1. The van der Waals surface area contributed by atoms with Crippen molar-refractivity contribution in [3.8, 4) is 11.6 Å². The average molecular weight is 439 g/mol. The SMILES string of the molecule is CCOc1ccc(/C(C)=N\NC(=O)c2c(CN3CCCC3)nnn2-c2nonc2N)cc1. The molecule has 12 nitrogen and oxygen atoms in total. The molecule has 1 fully saturated rings. The van der Waals surface area contributed by atoms with E-state index in [4.69, 9.17) is 10.5 Å². The molecule has 1 aliphatic heterocycles. The highest BCUT2D eigenvalue weighted by molar-refractivity contribution is 6.00. The van der Waals surface area contributed by atoms with Crippen LogP contribution >= 0.6 is 0 Å². The van der Waals surface area contributed by atoms with Crippen LogP contribution in [0.15, 0.2) is 34.0 Å². The molecule has 12 heteroatoms. The van der Waals surface area contributed by atoms with Gasteiger partial charge in [-0.1, -0.05) is 5.21 Å². The van der Waals surface area contributed by atoms with Crippen LogP contribution in [0.4, 0.5) is 5.82 Å². The first-order chi connectivity index (χ1) is 15.6. The van der Waals surface area contributed by atoms with Gasteiger partial charge in [0, 0.05) is 6.54 Å². The van der Waals surface area contributed by atoms with E-state index in [-0.39, 0.29) is 17.3 Å².